The predicted octanol–water partition coefficient (Wildman–Crippen LogP) is 19.9. The third-order valence-electron chi connectivity index (χ3n) is 16.6. The van der Waals surface area contributed by atoms with Crippen LogP contribution in [0.5, 0.6) is 0 Å². The van der Waals surface area contributed by atoms with E-state index in [0.29, 0.717) is 0 Å². The molecule has 1 aliphatic rings. The molecular formula is C76H50N4. The lowest BCUT2D eigenvalue weighted by molar-refractivity contribution is 0.857. The Labute approximate surface area is 463 Å². The van der Waals surface area contributed by atoms with Crippen LogP contribution in [0.3, 0.4) is 0 Å². The summed E-state index contributed by atoms with van der Waals surface area (Å²) >= 11 is 0. The molecule has 4 nitrogen and oxygen atoms in total. The molecule has 3 aromatic heterocycles. The maximum Gasteiger partial charge on any atom is 0.0972 e. The van der Waals surface area contributed by atoms with Gasteiger partial charge in [0.2, 0.25) is 0 Å². The summed E-state index contributed by atoms with van der Waals surface area (Å²) in [7, 11) is 0. The van der Waals surface area contributed by atoms with Gasteiger partial charge in [0.05, 0.1) is 44.5 Å². The topological polar surface area (TPSA) is 35.6 Å². The normalized spacial score (nSPS) is 13.6. The van der Waals surface area contributed by atoms with Crippen LogP contribution in [0.25, 0.3) is 138 Å². The first-order valence-corrected chi connectivity index (χ1v) is 27.7. The van der Waals surface area contributed by atoms with E-state index >= 15 is 0 Å². The van der Waals surface area contributed by atoms with Gasteiger partial charge in [-0.2, -0.15) is 0 Å². The number of benzene rings is 12. The van der Waals surface area contributed by atoms with E-state index in [1.807, 2.05) is 12.1 Å². The van der Waals surface area contributed by atoms with E-state index in [-0.39, 0.29) is 5.92 Å². The molecule has 0 saturated carbocycles. The van der Waals surface area contributed by atoms with Gasteiger partial charge >= 0.3 is 0 Å². The molecule has 0 aliphatic heterocycles. The molecule has 1 unspecified atom stereocenters. The average Bonchev–Trinajstić information content (AvgIpc) is 4.16. The van der Waals surface area contributed by atoms with Crippen LogP contribution in [0.1, 0.15) is 23.6 Å². The maximum atomic E-state index is 5.36. The molecule has 0 N–H and O–H groups in total. The van der Waals surface area contributed by atoms with Crippen molar-refractivity contribution in [3.05, 3.63) is 296 Å². The summed E-state index contributed by atoms with van der Waals surface area (Å²) in [6.07, 6.45) is 7.85. The second-order valence-corrected chi connectivity index (χ2v) is 21.2. The molecule has 0 fully saturated rings. The summed E-state index contributed by atoms with van der Waals surface area (Å²) < 4.78 is 4.81. The Kier molecular flexibility index (Phi) is 10.7. The van der Waals surface area contributed by atoms with Crippen molar-refractivity contribution in [1.82, 2.24) is 19.1 Å². The van der Waals surface area contributed by atoms with E-state index in [1.165, 1.54) is 93.0 Å². The molecule has 0 amide bonds. The average molecular weight is 1020 g/mol. The lowest BCUT2D eigenvalue weighted by Crippen LogP contribution is -2.03. The maximum absolute atomic E-state index is 5.36. The Hall–Kier alpha value is -10.4. The highest BCUT2D eigenvalue weighted by atomic mass is 15.0. The molecule has 0 radical (unpaired) electrons. The van der Waals surface area contributed by atoms with Crippen LogP contribution >= 0.6 is 0 Å². The number of nitrogens with zero attached hydrogens (tertiary/aromatic N) is 4. The van der Waals surface area contributed by atoms with Gasteiger partial charge in [0.1, 0.15) is 0 Å². The number of fused-ring (bicyclic) bond motifs is 9. The van der Waals surface area contributed by atoms with Crippen molar-refractivity contribution in [2.24, 2.45) is 0 Å². The van der Waals surface area contributed by atoms with Gasteiger partial charge in [-0.3, -0.25) is 0 Å². The molecule has 80 heavy (non-hydrogen) atoms. The zero-order valence-corrected chi connectivity index (χ0v) is 43.7. The van der Waals surface area contributed by atoms with E-state index in [9.17, 15) is 0 Å². The Morgan fingerprint density at radius 1 is 0.325 bits per heavy atom. The first-order valence-electron chi connectivity index (χ1n) is 27.7. The summed E-state index contributed by atoms with van der Waals surface area (Å²) in [4.78, 5) is 10.7. The van der Waals surface area contributed by atoms with E-state index in [0.717, 1.165) is 62.5 Å². The van der Waals surface area contributed by atoms with Crippen molar-refractivity contribution >= 4 is 81.8 Å². The molecule has 3 heterocycles. The summed E-state index contributed by atoms with van der Waals surface area (Å²) in [6, 6.07) is 97.1. The highest BCUT2D eigenvalue weighted by Gasteiger charge is 2.22. The van der Waals surface area contributed by atoms with Crippen LogP contribution in [0.4, 0.5) is 0 Å². The first kappa shape index (κ1) is 45.7. The molecule has 374 valence electrons. The third-order valence-corrected chi connectivity index (χ3v) is 16.6. The van der Waals surface area contributed by atoms with Crippen LogP contribution < -0.4 is 0 Å². The van der Waals surface area contributed by atoms with Crippen molar-refractivity contribution < 1.29 is 0 Å². The lowest BCUT2D eigenvalue weighted by Gasteiger charge is -2.19. The number of hydrogen-bond acceptors (Lipinski definition) is 2. The number of para-hydroxylation sites is 4. The van der Waals surface area contributed by atoms with Crippen LogP contribution in [0.15, 0.2) is 285 Å². The van der Waals surface area contributed by atoms with Crippen molar-refractivity contribution in [2.45, 2.75) is 12.3 Å². The Balaban J connectivity index is 0.750. The number of hydrogen-bond donors (Lipinski definition) is 0. The lowest BCUT2D eigenvalue weighted by atomic mass is 9.87. The SMILES string of the molecule is C1=CC(c2ccc3c(c2)c2cc(-c4cccc5ccccc45)ccc2n3-c2ccccc2)CC=C1c1nc2ccccc2nc1-c1ccc(-c2ccc3c(c2)c2cc(-c4cccc5ccccc45)ccc2n3-c2ccccc2)cc1. The standard InChI is InChI=1S/C76H50N4/c1-3-19-59(20-4-1)79-71-41-37-55(45-65(71)67-47-57(39-43-73(67)79)63-25-13-17-51-15-7-9-23-61(51)63)49-29-33-53(34-30-49)75-76(78-70-28-12-11-27-69(70)77-75)54-35-31-50(32-36-54)56-38-42-72-66(46-56)68-48-58(64-26-14-18-52-16-8-10-24-62(52)64)40-44-74(68)80(72)60-21-5-2-6-22-60/h1-31,33-48,50H,32H2. The molecule has 0 saturated heterocycles. The van der Waals surface area contributed by atoms with Crippen LogP contribution in [0.2, 0.25) is 0 Å². The van der Waals surface area contributed by atoms with Gasteiger partial charge in [0, 0.05) is 44.4 Å². The van der Waals surface area contributed by atoms with Crippen LogP contribution in [-0.2, 0) is 0 Å². The van der Waals surface area contributed by atoms with Crippen molar-refractivity contribution in [3.8, 4) is 56.0 Å². The highest BCUT2D eigenvalue weighted by Crippen LogP contribution is 2.43. The minimum atomic E-state index is 0.194. The van der Waals surface area contributed by atoms with Gasteiger partial charge in [0.25, 0.3) is 0 Å². The van der Waals surface area contributed by atoms with Crippen LogP contribution in [-0.4, -0.2) is 19.1 Å². The van der Waals surface area contributed by atoms with E-state index in [1.54, 1.807) is 0 Å². The highest BCUT2D eigenvalue weighted by molar-refractivity contribution is 6.14. The van der Waals surface area contributed by atoms with Gasteiger partial charge in [-0.05, 0) is 157 Å². The Morgan fingerprint density at radius 2 is 0.762 bits per heavy atom. The Bertz CT molecular complexity index is 5010. The van der Waals surface area contributed by atoms with Gasteiger partial charge in [-0.1, -0.05) is 200 Å². The predicted molar refractivity (Wildman–Crippen MR) is 336 cm³/mol. The number of rotatable bonds is 8. The van der Waals surface area contributed by atoms with Crippen LogP contribution in [0, 0.1) is 0 Å². The van der Waals surface area contributed by atoms with Crippen molar-refractivity contribution in [3.63, 3.8) is 0 Å². The molecule has 16 rings (SSSR count). The summed E-state index contributed by atoms with van der Waals surface area (Å²) in [5.74, 6) is 0.194. The fourth-order valence-corrected chi connectivity index (χ4v) is 12.7. The van der Waals surface area contributed by atoms with E-state index in [4.69, 9.17) is 9.97 Å². The summed E-state index contributed by atoms with van der Waals surface area (Å²) in [5.41, 5.74) is 21.2. The van der Waals surface area contributed by atoms with Gasteiger partial charge in [-0.15, -0.1) is 0 Å². The molecule has 0 bridgehead atoms. The Morgan fingerprint density at radius 3 is 1.31 bits per heavy atom. The first-order chi connectivity index (χ1) is 39.6. The van der Waals surface area contributed by atoms with Gasteiger partial charge in [0.15, 0.2) is 0 Å². The minimum Gasteiger partial charge on any atom is -0.309 e. The second-order valence-electron chi connectivity index (χ2n) is 21.2. The fraction of sp³-hybridized carbons (Fsp3) is 0.0263. The zero-order valence-electron chi connectivity index (χ0n) is 43.7. The number of aromatic nitrogens is 4. The molecule has 0 spiro atoms. The molecule has 4 heteroatoms. The summed E-state index contributed by atoms with van der Waals surface area (Å²) in [6.45, 7) is 0. The van der Waals surface area contributed by atoms with Gasteiger partial charge in [-0.25, -0.2) is 9.97 Å². The summed E-state index contributed by atoms with van der Waals surface area (Å²) in [5, 5.41) is 9.95. The van der Waals surface area contributed by atoms with Gasteiger partial charge < -0.3 is 9.13 Å². The zero-order chi connectivity index (χ0) is 52.7. The quantitative estimate of drug-likeness (QED) is 0.152. The smallest absolute Gasteiger partial charge is 0.0972 e. The monoisotopic (exact) mass is 1020 g/mol. The number of allylic oxidation sites excluding steroid dienone is 4. The second kappa shape index (κ2) is 18.7. The van der Waals surface area contributed by atoms with E-state index in [2.05, 4.69) is 282 Å². The van der Waals surface area contributed by atoms with Crippen molar-refractivity contribution in [1.29, 1.82) is 0 Å². The largest absolute Gasteiger partial charge is 0.309 e. The molecule has 15 aromatic rings. The molecular weight excluding hydrogens is 969 g/mol. The third kappa shape index (κ3) is 7.60. The molecule has 1 atom stereocenters. The molecule has 12 aromatic carbocycles. The minimum absolute atomic E-state index is 0.194. The fourth-order valence-electron chi connectivity index (χ4n) is 12.7. The van der Waals surface area contributed by atoms with Crippen molar-refractivity contribution in [2.75, 3.05) is 0 Å². The van der Waals surface area contributed by atoms with E-state index < -0.39 is 0 Å². The molecule has 1 aliphatic carbocycles.